The van der Waals surface area contributed by atoms with E-state index in [1.165, 1.54) is 29.5 Å². The van der Waals surface area contributed by atoms with Crippen molar-refractivity contribution in [3.63, 3.8) is 0 Å². The van der Waals surface area contributed by atoms with E-state index in [-0.39, 0.29) is 17.5 Å². The minimum absolute atomic E-state index is 0.106. The van der Waals surface area contributed by atoms with Gasteiger partial charge in [-0.25, -0.2) is 4.98 Å². The third kappa shape index (κ3) is 2.62. The first-order chi connectivity index (χ1) is 10.1. The van der Waals surface area contributed by atoms with E-state index in [1.54, 1.807) is 5.51 Å². The first kappa shape index (κ1) is 14.0. The molecule has 3 aromatic rings. The van der Waals surface area contributed by atoms with Gasteiger partial charge in [-0.2, -0.15) is 0 Å². The Hall–Kier alpha value is -1.98. The number of hydrogen-bond acceptors (Lipinski definition) is 5. The van der Waals surface area contributed by atoms with Crippen molar-refractivity contribution in [1.82, 2.24) is 4.98 Å². The molecule has 0 aliphatic carbocycles. The second-order valence-electron chi connectivity index (χ2n) is 4.73. The number of thiazole rings is 1. The van der Waals surface area contributed by atoms with Crippen LogP contribution in [0.25, 0.3) is 10.2 Å². The van der Waals surface area contributed by atoms with Crippen molar-refractivity contribution in [3.05, 3.63) is 46.4 Å². The number of phenols is 2. The minimum atomic E-state index is -0.234. The highest BCUT2D eigenvalue weighted by Gasteiger charge is 2.15. The van der Waals surface area contributed by atoms with Crippen molar-refractivity contribution < 1.29 is 10.2 Å². The molecule has 1 unspecified atom stereocenters. The highest BCUT2D eigenvalue weighted by atomic mass is 35.5. The quantitative estimate of drug-likeness (QED) is 0.620. The van der Waals surface area contributed by atoms with Crippen molar-refractivity contribution in [2.45, 2.75) is 13.0 Å². The molecular formula is C15H13ClN2O2S. The predicted octanol–water partition coefficient (Wildman–Crippen LogP) is 4.53. The monoisotopic (exact) mass is 320 g/mol. The Morgan fingerprint density at radius 1 is 1.24 bits per heavy atom. The molecule has 108 valence electrons. The van der Waals surface area contributed by atoms with Crippen LogP contribution in [0.4, 0.5) is 5.69 Å². The van der Waals surface area contributed by atoms with Crippen molar-refractivity contribution in [3.8, 4) is 11.5 Å². The van der Waals surface area contributed by atoms with Crippen molar-refractivity contribution in [2.75, 3.05) is 5.32 Å². The smallest absolute Gasteiger partial charge is 0.121 e. The van der Waals surface area contributed by atoms with Gasteiger partial charge in [-0.15, -0.1) is 11.3 Å². The molecule has 1 heterocycles. The van der Waals surface area contributed by atoms with E-state index in [0.717, 1.165) is 15.9 Å². The van der Waals surface area contributed by atoms with Crippen LogP contribution in [-0.4, -0.2) is 15.2 Å². The Bertz CT molecular complexity index is 803. The summed E-state index contributed by atoms with van der Waals surface area (Å²) in [5.41, 5.74) is 3.89. The average molecular weight is 321 g/mol. The molecule has 21 heavy (non-hydrogen) atoms. The van der Waals surface area contributed by atoms with E-state index in [4.69, 9.17) is 11.6 Å². The van der Waals surface area contributed by atoms with Crippen LogP contribution in [0.5, 0.6) is 11.5 Å². The third-order valence-electron chi connectivity index (χ3n) is 3.29. The zero-order valence-corrected chi connectivity index (χ0v) is 12.7. The fourth-order valence-corrected chi connectivity index (χ4v) is 3.12. The SMILES string of the molecule is CC(Nc1c(Cl)ccc2scnc12)c1cc(O)ccc1O. The summed E-state index contributed by atoms with van der Waals surface area (Å²) < 4.78 is 1.04. The number of aromatic hydroxyl groups is 2. The summed E-state index contributed by atoms with van der Waals surface area (Å²) >= 11 is 7.79. The van der Waals surface area contributed by atoms with Crippen molar-refractivity contribution in [1.29, 1.82) is 0 Å². The molecule has 0 saturated carbocycles. The molecule has 0 spiro atoms. The number of benzene rings is 2. The largest absolute Gasteiger partial charge is 0.508 e. The summed E-state index contributed by atoms with van der Waals surface area (Å²) in [5, 5.41) is 23.3. The molecule has 0 amide bonds. The zero-order chi connectivity index (χ0) is 15.0. The summed E-state index contributed by atoms with van der Waals surface area (Å²) in [6, 6.07) is 7.95. The Balaban J connectivity index is 2.00. The van der Waals surface area contributed by atoms with Crippen LogP contribution in [0, 0.1) is 0 Å². The molecule has 3 N–H and O–H groups in total. The first-order valence-corrected chi connectivity index (χ1v) is 7.62. The Labute approximate surface area is 130 Å². The molecule has 1 atom stereocenters. The number of halogens is 1. The van der Waals surface area contributed by atoms with E-state index in [1.807, 2.05) is 19.1 Å². The molecule has 0 fully saturated rings. The summed E-state index contributed by atoms with van der Waals surface area (Å²) in [6.45, 7) is 1.88. The Kier molecular flexibility index (Phi) is 3.61. The van der Waals surface area contributed by atoms with E-state index in [0.29, 0.717) is 10.6 Å². The number of nitrogens with zero attached hydrogens (tertiary/aromatic N) is 1. The standard InChI is InChI=1S/C15H13ClN2O2S/c1-8(10-6-9(19)2-4-12(10)20)18-14-11(16)3-5-13-15(14)17-7-21-13/h2-8,18-20H,1H3. The Morgan fingerprint density at radius 3 is 2.86 bits per heavy atom. The second kappa shape index (κ2) is 5.42. The molecule has 4 nitrogen and oxygen atoms in total. The van der Waals surface area contributed by atoms with E-state index < -0.39 is 0 Å². The van der Waals surface area contributed by atoms with Crippen molar-refractivity contribution in [2.24, 2.45) is 0 Å². The number of anilines is 1. The zero-order valence-electron chi connectivity index (χ0n) is 11.2. The van der Waals surface area contributed by atoms with Crippen molar-refractivity contribution >= 4 is 38.8 Å². The Morgan fingerprint density at radius 2 is 2.05 bits per heavy atom. The molecule has 3 rings (SSSR count). The number of rotatable bonds is 3. The molecule has 0 saturated heterocycles. The van der Waals surface area contributed by atoms with E-state index >= 15 is 0 Å². The highest BCUT2D eigenvalue weighted by molar-refractivity contribution is 7.16. The lowest BCUT2D eigenvalue weighted by Gasteiger charge is -2.18. The van der Waals surface area contributed by atoms with Crippen LogP contribution >= 0.6 is 22.9 Å². The predicted molar refractivity (Wildman–Crippen MR) is 86.4 cm³/mol. The van der Waals surface area contributed by atoms with E-state index in [9.17, 15) is 10.2 Å². The lowest BCUT2D eigenvalue weighted by atomic mass is 10.1. The second-order valence-corrected chi connectivity index (χ2v) is 6.02. The van der Waals surface area contributed by atoms with Crippen LogP contribution < -0.4 is 5.32 Å². The van der Waals surface area contributed by atoms with Gasteiger partial charge in [0.15, 0.2) is 0 Å². The van der Waals surface area contributed by atoms with Gasteiger partial charge in [0, 0.05) is 5.56 Å². The maximum atomic E-state index is 9.93. The summed E-state index contributed by atoms with van der Waals surface area (Å²) in [5.74, 6) is 0.226. The van der Waals surface area contributed by atoms with Crippen LogP contribution in [0.1, 0.15) is 18.5 Å². The van der Waals surface area contributed by atoms with Gasteiger partial charge in [0.1, 0.15) is 17.0 Å². The van der Waals surface area contributed by atoms with Crippen LogP contribution in [-0.2, 0) is 0 Å². The van der Waals surface area contributed by atoms with Gasteiger partial charge in [-0.3, -0.25) is 0 Å². The number of aromatic nitrogens is 1. The van der Waals surface area contributed by atoms with Crippen LogP contribution in [0.2, 0.25) is 5.02 Å². The molecule has 6 heteroatoms. The summed E-state index contributed by atoms with van der Waals surface area (Å²) in [6.07, 6.45) is 0. The lowest BCUT2D eigenvalue weighted by Crippen LogP contribution is -2.07. The normalized spacial score (nSPS) is 12.5. The van der Waals surface area contributed by atoms with Crippen LogP contribution in [0.15, 0.2) is 35.8 Å². The fourth-order valence-electron chi connectivity index (χ4n) is 2.23. The minimum Gasteiger partial charge on any atom is -0.508 e. The third-order valence-corrected chi connectivity index (χ3v) is 4.40. The molecule has 0 radical (unpaired) electrons. The van der Waals surface area contributed by atoms with Gasteiger partial charge in [0.05, 0.1) is 27.0 Å². The summed E-state index contributed by atoms with van der Waals surface area (Å²) in [4.78, 5) is 4.33. The molecule has 1 aromatic heterocycles. The maximum absolute atomic E-state index is 9.93. The number of hydrogen-bond donors (Lipinski definition) is 3. The number of phenolic OH excluding ortho intramolecular Hbond substituents is 2. The molecule has 0 aliphatic rings. The maximum Gasteiger partial charge on any atom is 0.121 e. The number of nitrogens with one attached hydrogen (secondary N) is 1. The average Bonchev–Trinajstić information content (AvgIpc) is 2.93. The first-order valence-electron chi connectivity index (χ1n) is 6.36. The summed E-state index contributed by atoms with van der Waals surface area (Å²) in [7, 11) is 0. The lowest BCUT2D eigenvalue weighted by molar-refractivity contribution is 0.451. The van der Waals surface area contributed by atoms with Gasteiger partial charge < -0.3 is 15.5 Å². The molecular weight excluding hydrogens is 308 g/mol. The molecule has 2 aromatic carbocycles. The van der Waals surface area contributed by atoms with Crippen LogP contribution in [0.3, 0.4) is 0 Å². The van der Waals surface area contributed by atoms with Gasteiger partial charge in [-0.05, 0) is 37.3 Å². The molecule has 0 bridgehead atoms. The van der Waals surface area contributed by atoms with Gasteiger partial charge in [0.2, 0.25) is 0 Å². The molecule has 0 aliphatic heterocycles. The van der Waals surface area contributed by atoms with Gasteiger partial charge >= 0.3 is 0 Å². The van der Waals surface area contributed by atoms with Gasteiger partial charge in [0.25, 0.3) is 0 Å². The van der Waals surface area contributed by atoms with E-state index in [2.05, 4.69) is 10.3 Å². The van der Waals surface area contributed by atoms with Gasteiger partial charge in [-0.1, -0.05) is 11.6 Å². The highest BCUT2D eigenvalue weighted by Crippen LogP contribution is 2.36. The topological polar surface area (TPSA) is 65.4 Å². The number of fused-ring (bicyclic) bond motifs is 1. The fraction of sp³-hybridized carbons (Fsp3) is 0.133.